The highest BCUT2D eigenvalue weighted by Gasteiger charge is 2.24. The number of esters is 1. The van der Waals surface area contributed by atoms with E-state index in [0.717, 1.165) is 0 Å². The van der Waals surface area contributed by atoms with Gasteiger partial charge in [0, 0.05) is 11.6 Å². The highest BCUT2D eigenvalue weighted by molar-refractivity contribution is 5.75. The van der Waals surface area contributed by atoms with Crippen molar-refractivity contribution in [2.24, 2.45) is 0 Å². The summed E-state index contributed by atoms with van der Waals surface area (Å²) in [6, 6.07) is 3.00. The quantitative estimate of drug-likeness (QED) is 0.483. The molecular formula is C15H21NO5. The van der Waals surface area contributed by atoms with Gasteiger partial charge in [0.05, 0.1) is 4.92 Å². The molecule has 0 aliphatic heterocycles. The Hall–Kier alpha value is -2.11. The van der Waals surface area contributed by atoms with Gasteiger partial charge in [-0.05, 0) is 53.2 Å². The summed E-state index contributed by atoms with van der Waals surface area (Å²) in [5.74, 6) is -0.0330. The summed E-state index contributed by atoms with van der Waals surface area (Å²) in [5, 5.41) is 10.9. The standard InChI is InChI=1S/C15H21NO5/c1-9-8-13(10(2)7-12(9)16(18)19)20-11(3)14(17)21-15(4,5)6/h7-8,11H,1-6H3. The number of hydrogen-bond acceptors (Lipinski definition) is 5. The Morgan fingerprint density at radius 2 is 1.81 bits per heavy atom. The Labute approximate surface area is 124 Å². The number of nitro benzene ring substituents is 1. The number of nitrogens with zero attached hydrogens (tertiary/aromatic N) is 1. The van der Waals surface area contributed by atoms with Gasteiger partial charge in [0.2, 0.25) is 0 Å². The summed E-state index contributed by atoms with van der Waals surface area (Å²) >= 11 is 0. The molecule has 1 aromatic carbocycles. The Kier molecular flexibility index (Phi) is 4.93. The molecule has 0 heterocycles. The molecule has 6 heteroatoms. The molecule has 0 radical (unpaired) electrons. The van der Waals surface area contributed by atoms with Gasteiger partial charge in [-0.2, -0.15) is 0 Å². The number of ether oxygens (including phenoxy) is 2. The molecule has 0 saturated carbocycles. The lowest BCUT2D eigenvalue weighted by Crippen LogP contribution is -2.33. The first-order valence-electron chi connectivity index (χ1n) is 6.66. The molecule has 1 aromatic rings. The molecule has 0 fully saturated rings. The minimum Gasteiger partial charge on any atom is -0.479 e. The Morgan fingerprint density at radius 1 is 1.24 bits per heavy atom. The molecule has 0 N–H and O–H groups in total. The van der Waals surface area contributed by atoms with E-state index >= 15 is 0 Å². The Balaban J connectivity index is 2.91. The van der Waals surface area contributed by atoms with E-state index in [1.165, 1.54) is 6.07 Å². The number of benzene rings is 1. The van der Waals surface area contributed by atoms with Gasteiger partial charge in [0.25, 0.3) is 5.69 Å². The van der Waals surface area contributed by atoms with Crippen LogP contribution in [-0.4, -0.2) is 22.6 Å². The minimum atomic E-state index is -0.788. The predicted octanol–water partition coefficient (Wildman–Crippen LogP) is 3.32. The lowest BCUT2D eigenvalue weighted by Gasteiger charge is -2.23. The van der Waals surface area contributed by atoms with Crippen LogP contribution in [0.5, 0.6) is 5.75 Å². The van der Waals surface area contributed by atoms with E-state index in [4.69, 9.17) is 9.47 Å². The Bertz CT molecular complexity index is 560. The van der Waals surface area contributed by atoms with Crippen LogP contribution in [0.25, 0.3) is 0 Å². The smallest absolute Gasteiger partial charge is 0.347 e. The van der Waals surface area contributed by atoms with Crippen molar-refractivity contribution in [1.82, 2.24) is 0 Å². The molecule has 0 saturated heterocycles. The van der Waals surface area contributed by atoms with Crippen LogP contribution in [0.2, 0.25) is 0 Å². The third-order valence-electron chi connectivity index (χ3n) is 2.73. The van der Waals surface area contributed by atoms with E-state index in [-0.39, 0.29) is 5.69 Å². The molecule has 1 unspecified atom stereocenters. The minimum absolute atomic E-state index is 0.0322. The predicted molar refractivity (Wildman–Crippen MR) is 78.5 cm³/mol. The van der Waals surface area contributed by atoms with Crippen LogP contribution in [0.1, 0.15) is 38.8 Å². The van der Waals surface area contributed by atoms with Crippen molar-refractivity contribution >= 4 is 11.7 Å². The van der Waals surface area contributed by atoms with Crippen molar-refractivity contribution in [3.63, 3.8) is 0 Å². The summed E-state index contributed by atoms with van der Waals surface area (Å²) in [4.78, 5) is 22.3. The topological polar surface area (TPSA) is 78.7 Å². The van der Waals surface area contributed by atoms with Gasteiger partial charge in [-0.3, -0.25) is 10.1 Å². The van der Waals surface area contributed by atoms with Crippen molar-refractivity contribution in [2.45, 2.75) is 53.2 Å². The number of carbonyl (C=O) groups is 1. The second-order valence-electron chi connectivity index (χ2n) is 5.95. The summed E-state index contributed by atoms with van der Waals surface area (Å²) in [7, 11) is 0. The molecule has 0 aliphatic rings. The van der Waals surface area contributed by atoms with Gasteiger partial charge in [-0.25, -0.2) is 4.79 Å². The molecule has 0 spiro atoms. The SMILES string of the molecule is Cc1cc([N+](=O)[O-])c(C)cc1OC(C)C(=O)OC(C)(C)C. The largest absolute Gasteiger partial charge is 0.479 e. The van der Waals surface area contributed by atoms with Crippen LogP contribution in [-0.2, 0) is 9.53 Å². The third kappa shape index (κ3) is 4.73. The van der Waals surface area contributed by atoms with Gasteiger partial charge >= 0.3 is 5.97 Å². The van der Waals surface area contributed by atoms with Crippen LogP contribution < -0.4 is 4.74 Å². The van der Waals surface area contributed by atoms with E-state index < -0.39 is 22.6 Å². The van der Waals surface area contributed by atoms with Gasteiger partial charge in [-0.15, -0.1) is 0 Å². The molecule has 0 amide bonds. The van der Waals surface area contributed by atoms with E-state index in [1.54, 1.807) is 47.6 Å². The fraction of sp³-hybridized carbons (Fsp3) is 0.533. The van der Waals surface area contributed by atoms with Crippen LogP contribution in [0.15, 0.2) is 12.1 Å². The summed E-state index contributed by atoms with van der Waals surface area (Å²) < 4.78 is 10.8. The van der Waals surface area contributed by atoms with Gasteiger partial charge in [-0.1, -0.05) is 0 Å². The maximum atomic E-state index is 11.9. The highest BCUT2D eigenvalue weighted by Crippen LogP contribution is 2.28. The second kappa shape index (κ2) is 6.11. The van der Waals surface area contributed by atoms with Crippen LogP contribution in [0, 0.1) is 24.0 Å². The summed E-state index contributed by atoms with van der Waals surface area (Å²) in [6.45, 7) is 10.2. The summed E-state index contributed by atoms with van der Waals surface area (Å²) in [5.41, 5.74) is 0.527. The molecule has 116 valence electrons. The van der Waals surface area contributed by atoms with Crippen molar-refractivity contribution in [3.05, 3.63) is 33.4 Å². The molecule has 1 atom stereocenters. The average molecular weight is 295 g/mol. The lowest BCUT2D eigenvalue weighted by molar-refractivity contribution is -0.385. The number of nitro groups is 1. The van der Waals surface area contributed by atoms with E-state index in [1.807, 2.05) is 0 Å². The molecule has 0 aliphatic carbocycles. The number of rotatable bonds is 4. The van der Waals surface area contributed by atoms with Gasteiger partial charge in [0.1, 0.15) is 11.4 Å². The van der Waals surface area contributed by atoms with Crippen LogP contribution in [0.3, 0.4) is 0 Å². The Morgan fingerprint density at radius 3 is 2.29 bits per heavy atom. The monoisotopic (exact) mass is 295 g/mol. The maximum absolute atomic E-state index is 11.9. The molecular weight excluding hydrogens is 274 g/mol. The van der Waals surface area contributed by atoms with Crippen LogP contribution in [0.4, 0.5) is 5.69 Å². The fourth-order valence-corrected chi connectivity index (χ4v) is 1.72. The molecule has 6 nitrogen and oxygen atoms in total. The number of aryl methyl sites for hydroxylation is 2. The number of hydrogen-bond donors (Lipinski definition) is 0. The molecule has 21 heavy (non-hydrogen) atoms. The van der Waals surface area contributed by atoms with E-state index in [9.17, 15) is 14.9 Å². The van der Waals surface area contributed by atoms with Crippen molar-refractivity contribution < 1.29 is 19.2 Å². The van der Waals surface area contributed by atoms with Crippen molar-refractivity contribution in [3.8, 4) is 5.75 Å². The van der Waals surface area contributed by atoms with E-state index in [2.05, 4.69) is 0 Å². The van der Waals surface area contributed by atoms with Gasteiger partial charge in [0.15, 0.2) is 6.10 Å². The first kappa shape index (κ1) is 16.9. The number of carbonyl (C=O) groups excluding carboxylic acids is 1. The van der Waals surface area contributed by atoms with E-state index in [0.29, 0.717) is 16.9 Å². The molecule has 0 aromatic heterocycles. The van der Waals surface area contributed by atoms with Crippen molar-refractivity contribution in [1.29, 1.82) is 0 Å². The molecule has 1 rings (SSSR count). The highest BCUT2D eigenvalue weighted by atomic mass is 16.6. The zero-order valence-electron chi connectivity index (χ0n) is 13.2. The average Bonchev–Trinajstić information content (AvgIpc) is 2.30. The maximum Gasteiger partial charge on any atom is 0.347 e. The first-order valence-corrected chi connectivity index (χ1v) is 6.66. The fourth-order valence-electron chi connectivity index (χ4n) is 1.72. The zero-order chi connectivity index (χ0) is 16.4. The van der Waals surface area contributed by atoms with Crippen LogP contribution >= 0.6 is 0 Å². The normalized spacial score (nSPS) is 12.7. The first-order chi connectivity index (χ1) is 9.51. The molecule has 0 bridgehead atoms. The van der Waals surface area contributed by atoms with Crippen molar-refractivity contribution in [2.75, 3.05) is 0 Å². The lowest BCUT2D eigenvalue weighted by atomic mass is 10.1. The third-order valence-corrected chi connectivity index (χ3v) is 2.73. The second-order valence-corrected chi connectivity index (χ2v) is 5.95. The summed E-state index contributed by atoms with van der Waals surface area (Å²) in [6.07, 6.45) is -0.788. The zero-order valence-corrected chi connectivity index (χ0v) is 13.2. The van der Waals surface area contributed by atoms with Gasteiger partial charge < -0.3 is 9.47 Å².